The van der Waals surface area contributed by atoms with Gasteiger partial charge in [0, 0.05) is 12.2 Å². The average molecular weight is 438 g/mol. The van der Waals surface area contributed by atoms with Crippen molar-refractivity contribution in [1.29, 1.82) is 0 Å². The van der Waals surface area contributed by atoms with E-state index in [-0.39, 0.29) is 29.7 Å². The average Bonchev–Trinajstić information content (AvgIpc) is 3.51. The molecule has 1 amide bonds. The smallest absolute Gasteiger partial charge is 0.350 e. The van der Waals surface area contributed by atoms with Crippen molar-refractivity contribution >= 4 is 28.3 Å². The van der Waals surface area contributed by atoms with Gasteiger partial charge < -0.3 is 9.30 Å². The SMILES string of the molecule is CCOC(=O)c1sc(N(C(=O)c2cccn(Cc3ccccc3)c2=O)C2CC2)nc1C. The van der Waals surface area contributed by atoms with Gasteiger partial charge in [0.2, 0.25) is 0 Å². The Morgan fingerprint density at radius 2 is 1.94 bits per heavy atom. The summed E-state index contributed by atoms with van der Waals surface area (Å²) in [6.45, 7) is 4.11. The van der Waals surface area contributed by atoms with Crippen LogP contribution in [-0.2, 0) is 11.3 Å². The summed E-state index contributed by atoms with van der Waals surface area (Å²) in [5.41, 5.74) is 1.24. The molecule has 0 saturated heterocycles. The monoisotopic (exact) mass is 437 g/mol. The highest BCUT2D eigenvalue weighted by atomic mass is 32.1. The topological polar surface area (TPSA) is 81.5 Å². The van der Waals surface area contributed by atoms with Crippen LogP contribution in [0.4, 0.5) is 5.13 Å². The number of benzene rings is 1. The molecule has 0 bridgehead atoms. The zero-order chi connectivity index (χ0) is 22.0. The Morgan fingerprint density at radius 3 is 2.61 bits per heavy atom. The molecule has 1 aliphatic carbocycles. The molecule has 2 aromatic heterocycles. The van der Waals surface area contributed by atoms with E-state index < -0.39 is 5.97 Å². The van der Waals surface area contributed by atoms with E-state index in [0.717, 1.165) is 29.7 Å². The number of thiazole rings is 1. The number of amides is 1. The van der Waals surface area contributed by atoms with Gasteiger partial charge in [-0.3, -0.25) is 14.5 Å². The lowest BCUT2D eigenvalue weighted by molar-refractivity contribution is 0.0531. The molecule has 7 nitrogen and oxygen atoms in total. The number of pyridine rings is 1. The first-order valence-corrected chi connectivity index (χ1v) is 11.0. The Hall–Kier alpha value is -3.26. The fourth-order valence-electron chi connectivity index (χ4n) is 3.35. The van der Waals surface area contributed by atoms with Crippen molar-refractivity contribution in [3.05, 3.63) is 80.7 Å². The zero-order valence-electron chi connectivity index (χ0n) is 17.4. The molecule has 8 heteroatoms. The van der Waals surface area contributed by atoms with E-state index in [4.69, 9.17) is 4.74 Å². The molecule has 160 valence electrons. The molecule has 1 aliphatic rings. The third-order valence-corrected chi connectivity index (χ3v) is 6.17. The summed E-state index contributed by atoms with van der Waals surface area (Å²) in [5.74, 6) is -0.837. The minimum Gasteiger partial charge on any atom is -0.462 e. The summed E-state index contributed by atoms with van der Waals surface area (Å²) in [7, 11) is 0. The van der Waals surface area contributed by atoms with Gasteiger partial charge in [0.05, 0.1) is 18.8 Å². The van der Waals surface area contributed by atoms with Crippen molar-refractivity contribution in [2.75, 3.05) is 11.5 Å². The van der Waals surface area contributed by atoms with Crippen LogP contribution in [0.5, 0.6) is 0 Å². The zero-order valence-corrected chi connectivity index (χ0v) is 18.2. The lowest BCUT2D eigenvalue weighted by Gasteiger charge is -2.19. The molecule has 1 aromatic carbocycles. The molecule has 0 spiro atoms. The van der Waals surface area contributed by atoms with Crippen LogP contribution in [-0.4, -0.2) is 34.1 Å². The summed E-state index contributed by atoms with van der Waals surface area (Å²) in [6, 6.07) is 12.9. The van der Waals surface area contributed by atoms with Crippen LogP contribution < -0.4 is 10.5 Å². The molecule has 4 rings (SSSR count). The van der Waals surface area contributed by atoms with Gasteiger partial charge in [0.15, 0.2) is 5.13 Å². The molecule has 1 saturated carbocycles. The summed E-state index contributed by atoms with van der Waals surface area (Å²) in [4.78, 5) is 45.1. The van der Waals surface area contributed by atoms with Crippen molar-refractivity contribution in [2.24, 2.45) is 0 Å². The number of aromatic nitrogens is 2. The summed E-state index contributed by atoms with van der Waals surface area (Å²) >= 11 is 1.13. The number of hydrogen-bond acceptors (Lipinski definition) is 6. The first-order chi connectivity index (χ1) is 15.0. The van der Waals surface area contributed by atoms with Gasteiger partial charge in [0.1, 0.15) is 10.4 Å². The Kier molecular flexibility index (Phi) is 5.99. The Labute approximate surface area is 183 Å². The van der Waals surface area contributed by atoms with Gasteiger partial charge in [-0.15, -0.1) is 0 Å². The number of anilines is 1. The second-order valence-corrected chi connectivity index (χ2v) is 8.36. The Bertz CT molecular complexity index is 1170. The molecule has 3 aromatic rings. The highest BCUT2D eigenvalue weighted by Crippen LogP contribution is 2.36. The van der Waals surface area contributed by atoms with E-state index in [1.54, 1.807) is 37.1 Å². The molecular formula is C23H23N3O4S. The van der Waals surface area contributed by atoms with Crippen LogP contribution in [0.1, 0.15) is 51.1 Å². The molecule has 0 N–H and O–H groups in total. The van der Waals surface area contributed by atoms with E-state index in [1.165, 1.54) is 4.57 Å². The predicted molar refractivity (Wildman–Crippen MR) is 119 cm³/mol. The van der Waals surface area contributed by atoms with E-state index in [2.05, 4.69) is 4.98 Å². The lowest BCUT2D eigenvalue weighted by Crippen LogP contribution is -2.38. The maximum absolute atomic E-state index is 13.4. The van der Waals surface area contributed by atoms with Crippen molar-refractivity contribution < 1.29 is 14.3 Å². The number of nitrogens with zero attached hydrogens (tertiary/aromatic N) is 3. The van der Waals surface area contributed by atoms with Crippen LogP contribution in [0.15, 0.2) is 53.5 Å². The summed E-state index contributed by atoms with van der Waals surface area (Å²) < 4.78 is 6.62. The van der Waals surface area contributed by atoms with E-state index in [9.17, 15) is 14.4 Å². The number of hydrogen-bond donors (Lipinski definition) is 0. The lowest BCUT2D eigenvalue weighted by atomic mass is 10.2. The molecule has 0 atom stereocenters. The molecular weight excluding hydrogens is 414 g/mol. The largest absolute Gasteiger partial charge is 0.462 e. The molecule has 2 heterocycles. The number of carbonyl (C=O) groups excluding carboxylic acids is 2. The number of aryl methyl sites for hydroxylation is 1. The number of rotatable bonds is 7. The van der Waals surface area contributed by atoms with Gasteiger partial charge in [-0.05, 0) is 44.4 Å². The van der Waals surface area contributed by atoms with Crippen LogP contribution in [0.2, 0.25) is 0 Å². The minimum atomic E-state index is -0.447. The summed E-state index contributed by atoms with van der Waals surface area (Å²) in [5, 5.41) is 0.422. The van der Waals surface area contributed by atoms with E-state index in [1.807, 2.05) is 30.3 Å². The summed E-state index contributed by atoms with van der Waals surface area (Å²) in [6.07, 6.45) is 3.36. The van der Waals surface area contributed by atoms with Gasteiger partial charge >= 0.3 is 5.97 Å². The quantitative estimate of drug-likeness (QED) is 0.527. The van der Waals surface area contributed by atoms with Crippen LogP contribution in [0.25, 0.3) is 0 Å². The highest BCUT2D eigenvalue weighted by molar-refractivity contribution is 7.17. The van der Waals surface area contributed by atoms with Gasteiger partial charge in [-0.1, -0.05) is 41.7 Å². The normalized spacial score (nSPS) is 13.1. The standard InChI is InChI=1S/C23H23N3O4S/c1-3-30-22(29)19-15(2)24-23(31-19)26(17-11-12-17)21(28)18-10-7-13-25(20(18)27)14-16-8-5-4-6-9-16/h4-10,13,17H,3,11-12,14H2,1-2H3. The van der Waals surface area contributed by atoms with Crippen molar-refractivity contribution in [3.63, 3.8) is 0 Å². The van der Waals surface area contributed by atoms with E-state index >= 15 is 0 Å². The minimum absolute atomic E-state index is 0.0183. The first-order valence-electron chi connectivity index (χ1n) is 10.2. The van der Waals surface area contributed by atoms with Gasteiger partial charge in [0.25, 0.3) is 11.5 Å². The third-order valence-electron chi connectivity index (χ3n) is 5.03. The fourth-order valence-corrected chi connectivity index (χ4v) is 4.38. The second-order valence-electron chi connectivity index (χ2n) is 7.38. The number of esters is 1. The maximum Gasteiger partial charge on any atom is 0.350 e. The molecule has 31 heavy (non-hydrogen) atoms. The third kappa shape index (κ3) is 4.44. The fraction of sp³-hybridized carbons (Fsp3) is 0.304. The van der Waals surface area contributed by atoms with Crippen LogP contribution >= 0.6 is 11.3 Å². The highest BCUT2D eigenvalue weighted by Gasteiger charge is 2.38. The molecule has 0 unspecified atom stereocenters. The maximum atomic E-state index is 13.4. The molecule has 0 radical (unpaired) electrons. The van der Waals surface area contributed by atoms with Gasteiger partial charge in [-0.25, -0.2) is 9.78 Å². The Balaban J connectivity index is 1.66. The van der Waals surface area contributed by atoms with Crippen molar-refractivity contribution in [2.45, 2.75) is 39.3 Å². The molecule has 0 aliphatic heterocycles. The molecule has 1 fully saturated rings. The second kappa shape index (κ2) is 8.85. The number of ether oxygens (including phenoxy) is 1. The Morgan fingerprint density at radius 1 is 1.19 bits per heavy atom. The van der Waals surface area contributed by atoms with Crippen LogP contribution in [0, 0.1) is 6.92 Å². The predicted octanol–water partition coefficient (Wildman–Crippen LogP) is 3.65. The van der Waals surface area contributed by atoms with Crippen molar-refractivity contribution in [3.8, 4) is 0 Å². The van der Waals surface area contributed by atoms with Crippen LogP contribution in [0.3, 0.4) is 0 Å². The van der Waals surface area contributed by atoms with E-state index in [0.29, 0.717) is 22.2 Å². The first kappa shape index (κ1) is 21.0. The van der Waals surface area contributed by atoms with Gasteiger partial charge in [-0.2, -0.15) is 0 Å². The number of carbonyl (C=O) groups is 2. The van der Waals surface area contributed by atoms with Crippen molar-refractivity contribution in [1.82, 2.24) is 9.55 Å².